The molecule has 2 heteroatoms. The Kier molecular flexibility index (Phi) is 6.05. The smallest absolute Gasteiger partial charge is 0.193 e. The van der Waals surface area contributed by atoms with Crippen molar-refractivity contribution in [1.29, 1.82) is 0 Å². The number of fused-ring (bicyclic) bond motifs is 5. The molecule has 0 spiro atoms. The SMILES string of the molecule is Cc1ccc(C(=O)c2ccc3c(c2)C(C)(C)C2=C3C=C3C(C2)c2ccc(C(O)C4=CCC(C)C=C4)cc2C3(C)C)cc1. The van der Waals surface area contributed by atoms with Gasteiger partial charge in [-0.2, -0.15) is 0 Å². The van der Waals surface area contributed by atoms with Crippen LogP contribution in [-0.4, -0.2) is 10.9 Å². The maximum atomic E-state index is 13.4. The summed E-state index contributed by atoms with van der Waals surface area (Å²) in [5.74, 6) is 0.937. The number of aliphatic hydroxyl groups excluding tert-OH is 1. The van der Waals surface area contributed by atoms with Crippen LogP contribution in [0.5, 0.6) is 0 Å². The third-order valence-corrected chi connectivity index (χ3v) is 10.5. The molecule has 4 aliphatic rings. The highest BCUT2D eigenvalue weighted by Gasteiger charge is 2.48. The molecule has 2 nitrogen and oxygen atoms in total. The predicted molar refractivity (Wildman–Crippen MR) is 172 cm³/mol. The van der Waals surface area contributed by atoms with E-state index < -0.39 is 6.10 Å². The van der Waals surface area contributed by atoms with Gasteiger partial charge in [-0.15, -0.1) is 0 Å². The summed E-state index contributed by atoms with van der Waals surface area (Å²) in [4.78, 5) is 13.4. The molecule has 3 aromatic rings. The lowest BCUT2D eigenvalue weighted by molar-refractivity contribution is 0.103. The van der Waals surface area contributed by atoms with Gasteiger partial charge in [0.25, 0.3) is 0 Å². The first-order valence-electron chi connectivity index (χ1n) is 15.4. The van der Waals surface area contributed by atoms with E-state index in [-0.39, 0.29) is 16.6 Å². The number of allylic oxidation sites excluding steroid dienone is 6. The van der Waals surface area contributed by atoms with Gasteiger partial charge in [0.15, 0.2) is 5.78 Å². The zero-order valence-electron chi connectivity index (χ0n) is 25.6. The van der Waals surface area contributed by atoms with Crippen molar-refractivity contribution in [3.8, 4) is 0 Å². The fraction of sp³-hybridized carbons (Fsp3) is 0.325. The molecule has 3 atom stereocenters. The van der Waals surface area contributed by atoms with Crippen molar-refractivity contribution in [3.63, 3.8) is 0 Å². The van der Waals surface area contributed by atoms with Crippen LogP contribution in [0.15, 0.2) is 102 Å². The molecule has 212 valence electrons. The van der Waals surface area contributed by atoms with Gasteiger partial charge in [-0.25, -0.2) is 0 Å². The first-order chi connectivity index (χ1) is 20.0. The van der Waals surface area contributed by atoms with Crippen molar-refractivity contribution in [2.75, 3.05) is 0 Å². The summed E-state index contributed by atoms with van der Waals surface area (Å²) in [6, 6.07) is 20.9. The molecule has 1 N–H and O–H groups in total. The Labute approximate surface area is 250 Å². The molecule has 0 aromatic heterocycles. The van der Waals surface area contributed by atoms with Crippen LogP contribution in [0.2, 0.25) is 0 Å². The van der Waals surface area contributed by atoms with Crippen LogP contribution < -0.4 is 0 Å². The second-order valence-corrected chi connectivity index (χ2v) is 14.0. The highest BCUT2D eigenvalue weighted by Crippen LogP contribution is 2.61. The average Bonchev–Trinajstić information content (AvgIpc) is 3.35. The molecule has 0 bridgehead atoms. The standard InChI is InChI=1S/C40H40O2/c1-23-7-11-25(12-8-23)37(41)27-15-17-29-31-21-36-32(22-35(31)39(3,4)33(29)19-27)30-18-16-28(20-34(30)40(36,5)6)38(42)26-13-9-24(2)10-14-26/h7-9,11-21,24,32,38,42H,10,22H2,1-6H3. The van der Waals surface area contributed by atoms with E-state index in [1.54, 1.807) is 0 Å². The Morgan fingerprint density at radius 3 is 2.36 bits per heavy atom. The van der Waals surface area contributed by atoms with Gasteiger partial charge in [0.05, 0.1) is 0 Å². The number of carbonyl (C=O) groups is 1. The quantitative estimate of drug-likeness (QED) is 0.328. The van der Waals surface area contributed by atoms with Gasteiger partial charge in [0, 0.05) is 27.9 Å². The number of hydrogen-bond donors (Lipinski definition) is 1. The van der Waals surface area contributed by atoms with E-state index in [1.807, 2.05) is 37.3 Å². The summed E-state index contributed by atoms with van der Waals surface area (Å²) in [5, 5.41) is 11.3. The van der Waals surface area contributed by atoms with Gasteiger partial charge < -0.3 is 5.11 Å². The van der Waals surface area contributed by atoms with Crippen LogP contribution in [0.25, 0.3) is 5.57 Å². The number of benzene rings is 3. The summed E-state index contributed by atoms with van der Waals surface area (Å²) in [6.45, 7) is 13.6. The van der Waals surface area contributed by atoms with Gasteiger partial charge in [-0.05, 0) is 70.7 Å². The van der Waals surface area contributed by atoms with Crippen molar-refractivity contribution in [3.05, 3.63) is 146 Å². The molecule has 0 heterocycles. The number of carbonyl (C=O) groups excluding carboxylic acids is 1. The van der Waals surface area contributed by atoms with Crippen molar-refractivity contribution in [2.24, 2.45) is 5.92 Å². The number of hydrogen-bond acceptors (Lipinski definition) is 2. The molecule has 42 heavy (non-hydrogen) atoms. The molecule has 3 aromatic carbocycles. The second-order valence-electron chi connectivity index (χ2n) is 14.0. The van der Waals surface area contributed by atoms with E-state index in [0.29, 0.717) is 11.8 Å². The van der Waals surface area contributed by atoms with Crippen LogP contribution >= 0.6 is 0 Å². The summed E-state index contributed by atoms with van der Waals surface area (Å²) < 4.78 is 0. The maximum absolute atomic E-state index is 13.4. The maximum Gasteiger partial charge on any atom is 0.193 e. The third kappa shape index (κ3) is 3.99. The first-order valence-corrected chi connectivity index (χ1v) is 15.4. The molecule has 0 saturated carbocycles. The van der Waals surface area contributed by atoms with Gasteiger partial charge in [-0.1, -0.05) is 130 Å². The topological polar surface area (TPSA) is 37.3 Å². The van der Waals surface area contributed by atoms with Crippen LogP contribution in [-0.2, 0) is 10.8 Å². The minimum Gasteiger partial charge on any atom is -0.384 e. The van der Waals surface area contributed by atoms with E-state index in [9.17, 15) is 9.90 Å². The lowest BCUT2D eigenvalue weighted by Crippen LogP contribution is -2.23. The molecule has 7 rings (SSSR count). The third-order valence-electron chi connectivity index (χ3n) is 10.5. The fourth-order valence-electron chi connectivity index (χ4n) is 7.85. The average molecular weight is 553 g/mol. The van der Waals surface area contributed by atoms with Crippen LogP contribution in [0, 0.1) is 12.8 Å². The Balaban J connectivity index is 1.24. The Morgan fingerprint density at radius 2 is 1.64 bits per heavy atom. The summed E-state index contributed by atoms with van der Waals surface area (Å²) in [5.41, 5.74) is 13.8. The van der Waals surface area contributed by atoms with Crippen molar-refractivity contribution in [1.82, 2.24) is 0 Å². The van der Waals surface area contributed by atoms with E-state index in [4.69, 9.17) is 0 Å². The minimum atomic E-state index is -0.600. The Morgan fingerprint density at radius 1 is 0.905 bits per heavy atom. The Bertz CT molecular complexity index is 1770. The van der Waals surface area contributed by atoms with Crippen LogP contribution in [0.1, 0.15) is 109 Å². The van der Waals surface area contributed by atoms with E-state index in [1.165, 1.54) is 39.0 Å². The molecule has 0 fully saturated rings. The van der Waals surface area contributed by atoms with E-state index in [0.717, 1.165) is 40.7 Å². The number of aliphatic hydroxyl groups is 1. The van der Waals surface area contributed by atoms with Crippen molar-refractivity contribution < 1.29 is 9.90 Å². The predicted octanol–water partition coefficient (Wildman–Crippen LogP) is 9.23. The summed E-state index contributed by atoms with van der Waals surface area (Å²) in [6.07, 6.45) is 10.3. The van der Waals surface area contributed by atoms with Crippen LogP contribution in [0.3, 0.4) is 0 Å². The fourth-order valence-corrected chi connectivity index (χ4v) is 7.85. The molecule has 3 unspecified atom stereocenters. The second kappa shape index (κ2) is 9.38. The zero-order chi connectivity index (χ0) is 29.6. The number of ketones is 1. The molecule has 0 radical (unpaired) electrons. The van der Waals surface area contributed by atoms with E-state index >= 15 is 0 Å². The van der Waals surface area contributed by atoms with Crippen molar-refractivity contribution >= 4 is 11.4 Å². The molecule has 4 aliphatic carbocycles. The molecule has 0 amide bonds. The number of rotatable bonds is 4. The van der Waals surface area contributed by atoms with Crippen LogP contribution in [0.4, 0.5) is 0 Å². The van der Waals surface area contributed by atoms with Gasteiger partial charge in [-0.3, -0.25) is 4.79 Å². The van der Waals surface area contributed by atoms with E-state index in [2.05, 4.69) is 89.3 Å². The first kappa shape index (κ1) is 27.1. The summed E-state index contributed by atoms with van der Waals surface area (Å²) in [7, 11) is 0. The van der Waals surface area contributed by atoms with Gasteiger partial charge >= 0.3 is 0 Å². The summed E-state index contributed by atoms with van der Waals surface area (Å²) >= 11 is 0. The van der Waals surface area contributed by atoms with Crippen molar-refractivity contribution in [2.45, 2.75) is 77.2 Å². The molecule has 0 saturated heterocycles. The lowest BCUT2D eigenvalue weighted by Gasteiger charge is -2.32. The molecular weight excluding hydrogens is 512 g/mol. The lowest BCUT2D eigenvalue weighted by atomic mass is 9.71. The van der Waals surface area contributed by atoms with Gasteiger partial charge in [0.2, 0.25) is 0 Å². The minimum absolute atomic E-state index is 0.0794. The highest BCUT2D eigenvalue weighted by molar-refractivity contribution is 6.09. The molecular formula is C40H40O2. The highest BCUT2D eigenvalue weighted by atomic mass is 16.3. The largest absolute Gasteiger partial charge is 0.384 e. The Hall–Kier alpha value is -3.75. The zero-order valence-corrected chi connectivity index (χ0v) is 25.6. The number of aryl methyl sites for hydroxylation is 1. The monoisotopic (exact) mass is 552 g/mol. The molecule has 0 aliphatic heterocycles. The van der Waals surface area contributed by atoms with Gasteiger partial charge in [0.1, 0.15) is 6.10 Å². The normalized spacial score (nSPS) is 23.4.